The van der Waals surface area contributed by atoms with Crippen LogP contribution in [-0.2, 0) is 4.74 Å². The number of carbonyl (C=O) groups excluding carboxylic acids is 1. The second-order valence-electron chi connectivity index (χ2n) is 2.96. The first-order chi connectivity index (χ1) is 8.17. The number of nitrogens with two attached hydrogens (primary N) is 1. The summed E-state index contributed by atoms with van der Waals surface area (Å²) < 4.78 is 6.07. The van der Waals surface area contributed by atoms with E-state index in [9.17, 15) is 4.79 Å². The summed E-state index contributed by atoms with van der Waals surface area (Å²) in [4.78, 5) is 15.6. The number of nitrogen functional groups attached to an aromatic ring is 1. The molecule has 2 N–H and O–H groups in total. The Kier molecular flexibility index (Phi) is 3.09. The van der Waals surface area contributed by atoms with E-state index in [1.807, 2.05) is 6.26 Å². The second kappa shape index (κ2) is 4.53. The predicted octanol–water partition coefficient (Wildman–Crippen LogP) is 0.000100. The Hall–Kier alpha value is -1.90. The van der Waals surface area contributed by atoms with Crippen LogP contribution in [0.1, 0.15) is 17.4 Å². The molecule has 9 heteroatoms. The van der Waals surface area contributed by atoms with Crippen LogP contribution in [0.4, 0.5) is 5.82 Å². The molecule has 2 aromatic heterocycles. The third kappa shape index (κ3) is 2.00. The second-order valence-corrected chi connectivity index (χ2v) is 3.74. The van der Waals surface area contributed by atoms with Gasteiger partial charge in [0.2, 0.25) is 10.9 Å². The van der Waals surface area contributed by atoms with Crippen molar-refractivity contribution in [2.45, 2.75) is 12.1 Å². The lowest BCUT2D eigenvalue weighted by atomic mass is 10.4. The molecule has 0 fully saturated rings. The van der Waals surface area contributed by atoms with Gasteiger partial charge in [-0.1, -0.05) is 11.8 Å². The molecule has 0 amide bonds. The van der Waals surface area contributed by atoms with Crippen molar-refractivity contribution in [1.29, 1.82) is 0 Å². The summed E-state index contributed by atoms with van der Waals surface area (Å²) in [6.07, 6.45) is 1.82. The molecule has 0 aromatic carbocycles. The van der Waals surface area contributed by atoms with Gasteiger partial charge in [0.05, 0.1) is 6.61 Å². The highest BCUT2D eigenvalue weighted by Crippen LogP contribution is 2.14. The molecule has 2 heterocycles. The minimum absolute atomic E-state index is 0.0584. The number of fused-ring (bicyclic) bond motifs is 1. The minimum Gasteiger partial charge on any atom is -0.461 e. The third-order valence-electron chi connectivity index (χ3n) is 1.93. The summed E-state index contributed by atoms with van der Waals surface area (Å²) in [6.45, 7) is 1.94. The van der Waals surface area contributed by atoms with Gasteiger partial charge in [-0.2, -0.15) is 9.50 Å². The Morgan fingerprint density at radius 3 is 2.94 bits per heavy atom. The number of ether oxygens (including phenoxy) is 1. The van der Waals surface area contributed by atoms with E-state index in [0.717, 1.165) is 0 Å². The zero-order chi connectivity index (χ0) is 12.4. The number of hydrogen-bond donors (Lipinski definition) is 1. The maximum atomic E-state index is 11.5. The van der Waals surface area contributed by atoms with Gasteiger partial charge in [-0.3, -0.25) is 0 Å². The van der Waals surface area contributed by atoms with Crippen LogP contribution in [0.2, 0.25) is 0 Å². The highest BCUT2D eigenvalue weighted by molar-refractivity contribution is 7.98. The van der Waals surface area contributed by atoms with Gasteiger partial charge in [0.1, 0.15) is 0 Å². The van der Waals surface area contributed by atoms with Crippen molar-refractivity contribution in [3.8, 4) is 0 Å². The van der Waals surface area contributed by atoms with Gasteiger partial charge in [0.15, 0.2) is 5.82 Å². The number of thioether (sulfide) groups is 1. The first-order valence-electron chi connectivity index (χ1n) is 4.77. The molecular weight excluding hydrogens is 244 g/mol. The van der Waals surface area contributed by atoms with Crippen molar-refractivity contribution in [2.75, 3.05) is 18.6 Å². The summed E-state index contributed by atoms with van der Waals surface area (Å²) >= 11 is 1.35. The van der Waals surface area contributed by atoms with Gasteiger partial charge in [0.25, 0.3) is 5.78 Å². The zero-order valence-electron chi connectivity index (χ0n) is 9.25. The highest BCUT2D eigenvalue weighted by atomic mass is 32.2. The van der Waals surface area contributed by atoms with E-state index >= 15 is 0 Å². The maximum absolute atomic E-state index is 11.5. The normalized spacial score (nSPS) is 10.7. The Bertz CT molecular complexity index is 568. The van der Waals surface area contributed by atoms with Crippen LogP contribution in [0.15, 0.2) is 5.16 Å². The molecule has 0 radical (unpaired) electrons. The Morgan fingerprint density at radius 2 is 2.29 bits per heavy atom. The molecule has 8 nitrogen and oxygen atoms in total. The van der Waals surface area contributed by atoms with Gasteiger partial charge >= 0.3 is 5.97 Å². The minimum atomic E-state index is -0.624. The molecule has 0 bridgehead atoms. The number of hydrogen-bond acceptors (Lipinski definition) is 8. The summed E-state index contributed by atoms with van der Waals surface area (Å²) in [5, 5.41) is 12.0. The molecule has 0 aliphatic carbocycles. The molecule has 0 aliphatic heterocycles. The number of nitrogens with zero attached hydrogens (tertiary/aromatic N) is 5. The van der Waals surface area contributed by atoms with Crippen LogP contribution < -0.4 is 5.73 Å². The molecule has 2 rings (SSSR count). The summed E-state index contributed by atoms with van der Waals surface area (Å²) in [7, 11) is 0. The average molecular weight is 254 g/mol. The van der Waals surface area contributed by atoms with Gasteiger partial charge in [-0.25, -0.2) is 4.79 Å². The fourth-order valence-electron chi connectivity index (χ4n) is 1.19. The molecule has 2 aromatic rings. The Balaban J connectivity index is 2.52. The van der Waals surface area contributed by atoms with Gasteiger partial charge in [0, 0.05) is 0 Å². The first kappa shape index (κ1) is 11.6. The van der Waals surface area contributed by atoms with E-state index in [-0.39, 0.29) is 23.9 Å². The monoisotopic (exact) mass is 254 g/mol. The lowest BCUT2D eigenvalue weighted by Gasteiger charge is -2.03. The van der Waals surface area contributed by atoms with E-state index in [2.05, 4.69) is 20.3 Å². The number of esters is 1. The van der Waals surface area contributed by atoms with Crippen molar-refractivity contribution in [1.82, 2.24) is 24.8 Å². The van der Waals surface area contributed by atoms with E-state index in [0.29, 0.717) is 5.16 Å². The summed E-state index contributed by atoms with van der Waals surface area (Å²) in [5.74, 6) is -0.304. The molecule has 0 unspecified atom stereocenters. The summed E-state index contributed by atoms with van der Waals surface area (Å²) in [6, 6.07) is 0. The SMILES string of the molecule is CCOC(=O)c1nnc2nc(SC)nn2c1N. The highest BCUT2D eigenvalue weighted by Gasteiger charge is 2.18. The quantitative estimate of drug-likeness (QED) is 0.602. The van der Waals surface area contributed by atoms with Crippen molar-refractivity contribution in [3.05, 3.63) is 5.69 Å². The van der Waals surface area contributed by atoms with Crippen LogP contribution in [0.5, 0.6) is 0 Å². The third-order valence-corrected chi connectivity index (χ3v) is 2.47. The lowest BCUT2D eigenvalue weighted by molar-refractivity contribution is 0.0519. The van der Waals surface area contributed by atoms with Crippen molar-refractivity contribution in [2.24, 2.45) is 0 Å². The fraction of sp³-hybridized carbons (Fsp3) is 0.375. The molecule has 0 spiro atoms. The zero-order valence-corrected chi connectivity index (χ0v) is 10.1. The summed E-state index contributed by atoms with van der Waals surface area (Å²) in [5.41, 5.74) is 5.71. The van der Waals surface area contributed by atoms with E-state index in [1.54, 1.807) is 6.92 Å². The molecule has 90 valence electrons. The van der Waals surface area contributed by atoms with Crippen LogP contribution >= 0.6 is 11.8 Å². The van der Waals surface area contributed by atoms with E-state index < -0.39 is 5.97 Å². The van der Waals surface area contributed by atoms with Crippen LogP contribution in [-0.4, -0.2) is 43.6 Å². The predicted molar refractivity (Wildman–Crippen MR) is 60.7 cm³/mol. The largest absolute Gasteiger partial charge is 0.461 e. The Labute approximate surface area is 101 Å². The molecule has 0 saturated carbocycles. The fourth-order valence-corrected chi connectivity index (χ4v) is 1.53. The lowest BCUT2D eigenvalue weighted by Crippen LogP contribution is -2.15. The first-order valence-corrected chi connectivity index (χ1v) is 6.00. The van der Waals surface area contributed by atoms with Crippen LogP contribution in [0.3, 0.4) is 0 Å². The maximum Gasteiger partial charge on any atom is 0.362 e. The molecule has 0 atom stereocenters. The van der Waals surface area contributed by atoms with Gasteiger partial charge in [-0.15, -0.1) is 15.3 Å². The van der Waals surface area contributed by atoms with Crippen LogP contribution in [0, 0.1) is 0 Å². The topological polar surface area (TPSA) is 108 Å². The Morgan fingerprint density at radius 1 is 1.53 bits per heavy atom. The van der Waals surface area contributed by atoms with E-state index in [1.165, 1.54) is 16.3 Å². The molecular formula is C8H10N6O2S. The van der Waals surface area contributed by atoms with Crippen LogP contribution in [0.25, 0.3) is 5.78 Å². The average Bonchev–Trinajstić information content (AvgIpc) is 2.73. The van der Waals surface area contributed by atoms with Crippen molar-refractivity contribution in [3.63, 3.8) is 0 Å². The standard InChI is InChI=1S/C8H10N6O2S/c1-3-16-6(15)4-5(9)14-7(12-11-4)10-8(13-14)17-2/h3,9H2,1-2H3. The smallest absolute Gasteiger partial charge is 0.362 e. The molecule has 0 saturated heterocycles. The van der Waals surface area contributed by atoms with E-state index in [4.69, 9.17) is 10.5 Å². The molecule has 17 heavy (non-hydrogen) atoms. The number of rotatable bonds is 3. The van der Waals surface area contributed by atoms with Gasteiger partial charge in [-0.05, 0) is 13.2 Å². The van der Waals surface area contributed by atoms with Crippen molar-refractivity contribution >= 4 is 29.3 Å². The number of carbonyl (C=O) groups is 1. The number of aromatic nitrogens is 5. The van der Waals surface area contributed by atoms with Crippen molar-refractivity contribution < 1.29 is 9.53 Å². The molecule has 0 aliphatic rings. The number of anilines is 1. The van der Waals surface area contributed by atoms with Gasteiger partial charge < -0.3 is 10.5 Å².